The highest BCUT2D eigenvalue weighted by Gasteiger charge is 1.98. The average molecular weight is 154 g/mol. The maximum atomic E-state index is 3.38. The van der Waals surface area contributed by atoms with Crippen LogP contribution in [0.5, 0.6) is 0 Å². The van der Waals surface area contributed by atoms with Gasteiger partial charge in [-0.1, -0.05) is 39.3 Å². The monoisotopic (exact) mass is 154 g/mol. The van der Waals surface area contributed by atoms with Gasteiger partial charge in [-0.3, -0.25) is 0 Å². The van der Waals surface area contributed by atoms with Gasteiger partial charge < -0.3 is 5.32 Å². The number of hydrogen-bond donors (Lipinski definition) is 1. The maximum Gasteiger partial charge on any atom is 0.114 e. The fourth-order valence-corrected chi connectivity index (χ4v) is 0.938. The Morgan fingerprint density at radius 2 is 2.00 bits per heavy atom. The first-order chi connectivity index (χ1) is 5.31. The second kappa shape index (κ2) is 8.12. The summed E-state index contributed by atoms with van der Waals surface area (Å²) in [6, 6.07) is 0. The van der Waals surface area contributed by atoms with Crippen LogP contribution < -0.4 is 5.32 Å². The lowest BCUT2D eigenvalue weighted by Crippen LogP contribution is -2.17. The van der Waals surface area contributed by atoms with E-state index >= 15 is 0 Å². The minimum atomic E-state index is 0.790. The fourth-order valence-electron chi connectivity index (χ4n) is 0.938. The summed E-state index contributed by atoms with van der Waals surface area (Å²) < 4.78 is 0. The zero-order valence-electron chi connectivity index (χ0n) is 8.19. The van der Waals surface area contributed by atoms with Gasteiger partial charge in [0.05, 0.1) is 0 Å². The molecule has 11 heavy (non-hydrogen) atoms. The minimum Gasteiger partial charge on any atom is -0.317 e. The Balaban J connectivity index is 2.89. The van der Waals surface area contributed by atoms with Crippen molar-refractivity contribution >= 4 is 7.28 Å². The van der Waals surface area contributed by atoms with E-state index < -0.39 is 0 Å². The fraction of sp³-hybridized carbons (Fsp3) is 1.00. The van der Waals surface area contributed by atoms with Crippen molar-refractivity contribution in [1.82, 2.24) is 5.32 Å². The largest absolute Gasteiger partial charge is 0.317 e. The summed E-state index contributed by atoms with van der Waals surface area (Å²) in [5.41, 5.74) is 0. The van der Waals surface area contributed by atoms with Crippen LogP contribution in [0.2, 0.25) is 12.1 Å². The molecule has 0 aliphatic heterocycles. The molecular weight excluding hydrogens is 133 g/mol. The van der Waals surface area contributed by atoms with Crippen LogP contribution in [0.3, 0.4) is 0 Å². The van der Waals surface area contributed by atoms with Crippen molar-refractivity contribution in [3.63, 3.8) is 0 Å². The molecule has 0 bridgehead atoms. The van der Waals surface area contributed by atoms with Crippen LogP contribution in [0.25, 0.3) is 0 Å². The number of nitrogens with one attached hydrogen (secondary N) is 1. The topological polar surface area (TPSA) is 12.0 Å². The van der Waals surface area contributed by atoms with Crippen molar-refractivity contribution < 1.29 is 0 Å². The van der Waals surface area contributed by atoms with Crippen LogP contribution in [0, 0.1) is 0 Å². The summed E-state index contributed by atoms with van der Waals surface area (Å²) in [6.45, 7) is 9.03. The molecule has 0 spiro atoms. The Hall–Kier alpha value is 0.0249. The molecule has 0 amide bonds. The Morgan fingerprint density at radius 1 is 1.27 bits per heavy atom. The maximum absolute atomic E-state index is 3.38. The Bertz CT molecular complexity index is 76.0. The quantitative estimate of drug-likeness (QED) is 0.438. The standard InChI is InChI=1S/C9H21BN/c1-4-7-11-8-6-10-9(3)5-2/h9,11H,4-8H2,1-3H3. The third kappa shape index (κ3) is 7.93. The first-order valence-corrected chi connectivity index (χ1v) is 4.85. The predicted octanol–water partition coefficient (Wildman–Crippen LogP) is 2.33. The van der Waals surface area contributed by atoms with Crippen LogP contribution in [-0.2, 0) is 0 Å². The summed E-state index contributed by atoms with van der Waals surface area (Å²) >= 11 is 0. The summed E-state index contributed by atoms with van der Waals surface area (Å²) in [4.78, 5) is 0. The smallest absolute Gasteiger partial charge is 0.114 e. The van der Waals surface area contributed by atoms with E-state index in [1.165, 1.54) is 19.2 Å². The molecule has 1 N–H and O–H groups in total. The van der Waals surface area contributed by atoms with Crippen molar-refractivity contribution in [3.05, 3.63) is 0 Å². The molecule has 0 aliphatic carbocycles. The van der Waals surface area contributed by atoms with Crippen LogP contribution in [0.4, 0.5) is 0 Å². The van der Waals surface area contributed by atoms with E-state index in [0.29, 0.717) is 0 Å². The molecule has 0 saturated carbocycles. The molecule has 1 atom stereocenters. The van der Waals surface area contributed by atoms with E-state index in [4.69, 9.17) is 0 Å². The average Bonchev–Trinajstić information content (AvgIpc) is 2.04. The summed E-state index contributed by atoms with van der Waals surface area (Å²) in [5, 5.41) is 3.38. The Morgan fingerprint density at radius 3 is 2.55 bits per heavy atom. The van der Waals surface area contributed by atoms with Crippen LogP contribution in [0.15, 0.2) is 0 Å². The minimum absolute atomic E-state index is 0.790. The van der Waals surface area contributed by atoms with Crippen molar-refractivity contribution in [3.8, 4) is 0 Å². The molecule has 0 saturated heterocycles. The third-order valence-electron chi connectivity index (χ3n) is 1.96. The molecule has 65 valence electrons. The highest BCUT2D eigenvalue weighted by atomic mass is 14.8. The lowest BCUT2D eigenvalue weighted by atomic mass is 9.62. The van der Waals surface area contributed by atoms with Gasteiger partial charge in [0.15, 0.2) is 0 Å². The second-order valence-corrected chi connectivity index (χ2v) is 3.16. The van der Waals surface area contributed by atoms with Gasteiger partial charge in [-0.25, -0.2) is 0 Å². The lowest BCUT2D eigenvalue weighted by molar-refractivity contribution is 0.698. The van der Waals surface area contributed by atoms with E-state index in [2.05, 4.69) is 33.4 Å². The predicted molar refractivity (Wildman–Crippen MR) is 53.4 cm³/mol. The van der Waals surface area contributed by atoms with Crippen molar-refractivity contribution in [2.24, 2.45) is 0 Å². The van der Waals surface area contributed by atoms with Crippen LogP contribution in [-0.4, -0.2) is 20.4 Å². The van der Waals surface area contributed by atoms with Gasteiger partial charge in [0, 0.05) is 0 Å². The molecule has 2 heteroatoms. The summed E-state index contributed by atoms with van der Waals surface area (Å²) in [5.74, 6) is 0.790. The van der Waals surface area contributed by atoms with Crippen LogP contribution in [0.1, 0.15) is 33.6 Å². The van der Waals surface area contributed by atoms with Gasteiger partial charge in [-0.2, -0.15) is 0 Å². The molecule has 0 heterocycles. The Kier molecular flexibility index (Phi) is 8.14. The zero-order valence-corrected chi connectivity index (χ0v) is 8.19. The molecular formula is C9H21BN. The van der Waals surface area contributed by atoms with Crippen LogP contribution >= 0.6 is 0 Å². The first kappa shape index (κ1) is 11.0. The van der Waals surface area contributed by atoms with Gasteiger partial charge in [0.2, 0.25) is 0 Å². The van der Waals surface area contributed by atoms with Crippen molar-refractivity contribution in [1.29, 1.82) is 0 Å². The highest BCUT2D eigenvalue weighted by molar-refractivity contribution is 6.37. The van der Waals surface area contributed by atoms with E-state index in [1.807, 2.05) is 0 Å². The third-order valence-corrected chi connectivity index (χ3v) is 1.96. The van der Waals surface area contributed by atoms with Gasteiger partial charge in [0.1, 0.15) is 7.28 Å². The zero-order chi connectivity index (χ0) is 8.53. The molecule has 0 aromatic carbocycles. The molecule has 0 aliphatic rings. The molecule has 0 fully saturated rings. The molecule has 0 aromatic heterocycles. The first-order valence-electron chi connectivity index (χ1n) is 4.85. The van der Waals surface area contributed by atoms with Crippen molar-refractivity contribution in [2.75, 3.05) is 13.1 Å². The second-order valence-electron chi connectivity index (χ2n) is 3.16. The van der Waals surface area contributed by atoms with Gasteiger partial charge in [0.25, 0.3) is 0 Å². The summed E-state index contributed by atoms with van der Waals surface area (Å²) in [6.07, 6.45) is 3.73. The lowest BCUT2D eigenvalue weighted by Gasteiger charge is -2.06. The number of rotatable bonds is 7. The SMILES string of the molecule is CCCNCC[B]C(C)CC. The molecule has 1 unspecified atom stereocenters. The normalized spacial score (nSPS) is 13.0. The van der Waals surface area contributed by atoms with E-state index in [1.54, 1.807) is 0 Å². The molecule has 0 aromatic rings. The molecule has 1 nitrogen and oxygen atoms in total. The highest BCUT2D eigenvalue weighted by Crippen LogP contribution is 2.06. The Labute approximate surface area is 72.2 Å². The van der Waals surface area contributed by atoms with Gasteiger partial charge in [-0.15, -0.1) is 0 Å². The number of hydrogen-bond acceptors (Lipinski definition) is 1. The van der Waals surface area contributed by atoms with E-state index in [-0.39, 0.29) is 0 Å². The molecule has 1 radical (unpaired) electrons. The van der Waals surface area contributed by atoms with E-state index in [0.717, 1.165) is 18.9 Å². The van der Waals surface area contributed by atoms with E-state index in [9.17, 15) is 0 Å². The van der Waals surface area contributed by atoms with Gasteiger partial charge in [-0.05, 0) is 19.5 Å². The van der Waals surface area contributed by atoms with Gasteiger partial charge >= 0.3 is 0 Å². The van der Waals surface area contributed by atoms with Crippen molar-refractivity contribution in [2.45, 2.75) is 45.8 Å². The summed E-state index contributed by atoms with van der Waals surface area (Å²) in [7, 11) is 2.41. The molecule has 0 rings (SSSR count).